The first-order valence-corrected chi connectivity index (χ1v) is 6.13. The summed E-state index contributed by atoms with van der Waals surface area (Å²) in [6.45, 7) is 6.69. The summed E-state index contributed by atoms with van der Waals surface area (Å²) in [5.41, 5.74) is 3.09. The van der Waals surface area contributed by atoms with Gasteiger partial charge in [0.15, 0.2) is 0 Å². The highest BCUT2D eigenvalue weighted by Gasteiger charge is 2.17. The molecule has 2 aromatic heterocycles. The number of carbonyl (C=O) groups excluding carboxylic acids is 1. The van der Waals surface area contributed by atoms with Crippen LogP contribution in [0.2, 0.25) is 0 Å². The minimum absolute atomic E-state index is 0.0570. The zero-order valence-corrected chi connectivity index (χ0v) is 11.0. The fourth-order valence-electron chi connectivity index (χ4n) is 1.99. The maximum absolute atomic E-state index is 12.4. The lowest BCUT2D eigenvalue weighted by Crippen LogP contribution is -2.14. The molecule has 0 unspecified atom stereocenters. The standard InChI is InChI=1S/C14H17N3O/c1-4-7-17-12(5-6-16-17)14(18)13-11(3)8-10(2)9-15-13/h5-6,8-9H,4,7H2,1-3H3. The van der Waals surface area contributed by atoms with Gasteiger partial charge in [-0.05, 0) is 37.5 Å². The third-order valence-corrected chi connectivity index (χ3v) is 2.81. The van der Waals surface area contributed by atoms with Crippen molar-refractivity contribution in [2.24, 2.45) is 0 Å². The fourth-order valence-corrected chi connectivity index (χ4v) is 1.99. The van der Waals surface area contributed by atoms with E-state index in [1.165, 1.54) is 0 Å². The Hall–Kier alpha value is -1.97. The molecule has 0 saturated heterocycles. The summed E-state index contributed by atoms with van der Waals surface area (Å²) in [6.07, 6.45) is 4.33. The van der Waals surface area contributed by atoms with Crippen LogP contribution in [0.3, 0.4) is 0 Å². The summed E-state index contributed by atoms with van der Waals surface area (Å²) in [5.74, 6) is -0.0570. The molecule has 0 spiro atoms. The van der Waals surface area contributed by atoms with Crippen molar-refractivity contribution in [3.05, 3.63) is 47.0 Å². The molecule has 0 bridgehead atoms. The fraction of sp³-hybridized carbons (Fsp3) is 0.357. The molecule has 0 aliphatic rings. The van der Waals surface area contributed by atoms with E-state index in [1.807, 2.05) is 19.9 Å². The molecule has 4 nitrogen and oxygen atoms in total. The van der Waals surface area contributed by atoms with Crippen LogP contribution in [-0.4, -0.2) is 20.5 Å². The predicted octanol–water partition coefficient (Wildman–Crippen LogP) is 2.54. The minimum Gasteiger partial charge on any atom is -0.285 e. The van der Waals surface area contributed by atoms with Gasteiger partial charge in [-0.25, -0.2) is 0 Å². The van der Waals surface area contributed by atoms with Crippen molar-refractivity contribution in [3.63, 3.8) is 0 Å². The predicted molar refractivity (Wildman–Crippen MR) is 69.7 cm³/mol. The SMILES string of the molecule is CCCn1nccc1C(=O)c1ncc(C)cc1C. The normalized spacial score (nSPS) is 10.6. The Bertz CT molecular complexity index is 572. The lowest BCUT2D eigenvalue weighted by atomic mass is 10.1. The van der Waals surface area contributed by atoms with Crippen molar-refractivity contribution < 1.29 is 4.79 Å². The van der Waals surface area contributed by atoms with Crippen molar-refractivity contribution in [3.8, 4) is 0 Å². The highest BCUT2D eigenvalue weighted by molar-refractivity contribution is 6.07. The zero-order valence-electron chi connectivity index (χ0n) is 11.0. The van der Waals surface area contributed by atoms with E-state index >= 15 is 0 Å². The molecule has 4 heteroatoms. The second-order valence-corrected chi connectivity index (χ2v) is 4.45. The van der Waals surface area contributed by atoms with E-state index in [9.17, 15) is 4.79 Å². The van der Waals surface area contributed by atoms with Crippen LogP contribution in [0, 0.1) is 13.8 Å². The van der Waals surface area contributed by atoms with Gasteiger partial charge in [0.1, 0.15) is 11.4 Å². The maximum Gasteiger partial charge on any atom is 0.229 e. The van der Waals surface area contributed by atoms with Crippen molar-refractivity contribution in [1.29, 1.82) is 0 Å². The molecule has 0 amide bonds. The highest BCUT2D eigenvalue weighted by Crippen LogP contribution is 2.13. The number of aryl methyl sites for hydroxylation is 3. The van der Waals surface area contributed by atoms with E-state index in [0.717, 1.165) is 24.1 Å². The Morgan fingerprint density at radius 1 is 1.39 bits per heavy atom. The molecule has 0 fully saturated rings. The number of pyridine rings is 1. The van der Waals surface area contributed by atoms with Crippen molar-refractivity contribution >= 4 is 5.78 Å². The van der Waals surface area contributed by atoms with E-state index in [1.54, 1.807) is 23.1 Å². The summed E-state index contributed by atoms with van der Waals surface area (Å²) in [6, 6.07) is 3.72. The molecule has 0 saturated carbocycles. The van der Waals surface area contributed by atoms with Gasteiger partial charge in [0.25, 0.3) is 0 Å². The van der Waals surface area contributed by atoms with Gasteiger partial charge < -0.3 is 0 Å². The van der Waals surface area contributed by atoms with Gasteiger partial charge in [-0.15, -0.1) is 0 Å². The molecule has 2 aromatic rings. The minimum atomic E-state index is -0.0570. The molecule has 2 rings (SSSR count). The van der Waals surface area contributed by atoms with Crippen LogP contribution < -0.4 is 0 Å². The third-order valence-electron chi connectivity index (χ3n) is 2.81. The summed E-state index contributed by atoms with van der Waals surface area (Å²) < 4.78 is 1.74. The van der Waals surface area contributed by atoms with Crippen molar-refractivity contribution in [2.75, 3.05) is 0 Å². The third kappa shape index (κ3) is 2.32. The molecule has 0 aliphatic heterocycles. The molecule has 0 radical (unpaired) electrons. The quantitative estimate of drug-likeness (QED) is 0.775. The first-order chi connectivity index (χ1) is 8.63. The van der Waals surface area contributed by atoms with Crippen LogP contribution in [-0.2, 0) is 6.54 Å². The highest BCUT2D eigenvalue weighted by atomic mass is 16.1. The molecule has 2 heterocycles. The molecule has 18 heavy (non-hydrogen) atoms. The average Bonchev–Trinajstić information content (AvgIpc) is 2.77. The maximum atomic E-state index is 12.4. The zero-order chi connectivity index (χ0) is 13.1. The Labute approximate surface area is 107 Å². The largest absolute Gasteiger partial charge is 0.285 e. The molecule has 0 N–H and O–H groups in total. The van der Waals surface area contributed by atoms with Crippen LogP contribution in [0.15, 0.2) is 24.5 Å². The van der Waals surface area contributed by atoms with Gasteiger partial charge in [-0.2, -0.15) is 5.10 Å². The van der Waals surface area contributed by atoms with Crippen LogP contribution in [0.1, 0.15) is 40.7 Å². The van der Waals surface area contributed by atoms with Gasteiger partial charge in [0, 0.05) is 18.9 Å². The summed E-state index contributed by atoms with van der Waals surface area (Å²) >= 11 is 0. The number of carbonyl (C=O) groups is 1. The number of hydrogen-bond donors (Lipinski definition) is 0. The van der Waals surface area contributed by atoms with E-state index < -0.39 is 0 Å². The molecular weight excluding hydrogens is 226 g/mol. The number of ketones is 1. The smallest absolute Gasteiger partial charge is 0.229 e. The molecule has 0 aromatic carbocycles. The van der Waals surface area contributed by atoms with E-state index in [2.05, 4.69) is 17.0 Å². The second-order valence-electron chi connectivity index (χ2n) is 4.45. The number of hydrogen-bond acceptors (Lipinski definition) is 3. The number of nitrogens with zero attached hydrogens (tertiary/aromatic N) is 3. The molecule has 0 aliphatic carbocycles. The average molecular weight is 243 g/mol. The monoisotopic (exact) mass is 243 g/mol. The van der Waals surface area contributed by atoms with Gasteiger partial charge in [-0.1, -0.05) is 13.0 Å². The van der Waals surface area contributed by atoms with Crippen molar-refractivity contribution in [1.82, 2.24) is 14.8 Å². The Morgan fingerprint density at radius 3 is 2.83 bits per heavy atom. The first-order valence-electron chi connectivity index (χ1n) is 6.13. The number of aromatic nitrogens is 3. The van der Waals surface area contributed by atoms with Gasteiger partial charge in [-0.3, -0.25) is 14.5 Å². The second kappa shape index (κ2) is 5.12. The van der Waals surface area contributed by atoms with Crippen LogP contribution in [0.25, 0.3) is 0 Å². The number of rotatable bonds is 4. The van der Waals surface area contributed by atoms with Crippen LogP contribution in [0.5, 0.6) is 0 Å². The summed E-state index contributed by atoms with van der Waals surface area (Å²) in [5, 5.41) is 4.17. The van der Waals surface area contributed by atoms with Crippen LogP contribution >= 0.6 is 0 Å². The van der Waals surface area contributed by atoms with Gasteiger partial charge in [0.05, 0.1) is 0 Å². The Kier molecular flexibility index (Phi) is 3.55. The van der Waals surface area contributed by atoms with Crippen LogP contribution in [0.4, 0.5) is 0 Å². The topological polar surface area (TPSA) is 47.8 Å². The lowest BCUT2D eigenvalue weighted by molar-refractivity contribution is 0.102. The van der Waals surface area contributed by atoms with Gasteiger partial charge in [0.2, 0.25) is 5.78 Å². The molecule has 94 valence electrons. The summed E-state index contributed by atoms with van der Waals surface area (Å²) in [7, 11) is 0. The Morgan fingerprint density at radius 2 is 2.17 bits per heavy atom. The molecule has 0 atom stereocenters. The van der Waals surface area contributed by atoms with Gasteiger partial charge >= 0.3 is 0 Å². The Balaban J connectivity index is 2.38. The summed E-state index contributed by atoms with van der Waals surface area (Å²) in [4.78, 5) is 16.7. The van der Waals surface area contributed by atoms with E-state index in [-0.39, 0.29) is 5.78 Å². The van der Waals surface area contributed by atoms with Crippen molar-refractivity contribution in [2.45, 2.75) is 33.7 Å². The molecular formula is C14H17N3O. The first kappa shape index (κ1) is 12.5. The van der Waals surface area contributed by atoms with E-state index in [4.69, 9.17) is 0 Å². The lowest BCUT2D eigenvalue weighted by Gasteiger charge is -2.07. The van der Waals surface area contributed by atoms with E-state index in [0.29, 0.717) is 11.4 Å².